The number of carboxylic acids is 1. The number of halogens is 1. The molecule has 0 heterocycles. The average molecular weight is 322 g/mol. The van der Waals surface area contributed by atoms with Gasteiger partial charge in [0, 0.05) is 6.61 Å². The van der Waals surface area contributed by atoms with E-state index >= 15 is 0 Å². The summed E-state index contributed by atoms with van der Waals surface area (Å²) in [5.74, 6) is -1.54. The van der Waals surface area contributed by atoms with Crippen LogP contribution in [0.5, 0.6) is 0 Å². The molecule has 128 valence electrons. The molecule has 1 saturated carbocycles. The number of benzene rings is 1. The highest BCUT2D eigenvalue weighted by Crippen LogP contribution is 2.34. The first-order valence-corrected chi connectivity index (χ1v) is 8.76. The molecule has 1 fully saturated rings. The van der Waals surface area contributed by atoms with Gasteiger partial charge in [-0.2, -0.15) is 0 Å². The van der Waals surface area contributed by atoms with Gasteiger partial charge in [-0.05, 0) is 55.7 Å². The molecule has 0 radical (unpaired) electrons. The topological polar surface area (TPSA) is 46.5 Å². The minimum absolute atomic E-state index is 0.252. The van der Waals surface area contributed by atoms with Crippen molar-refractivity contribution < 1.29 is 19.0 Å². The lowest BCUT2D eigenvalue weighted by Gasteiger charge is -2.29. The monoisotopic (exact) mass is 322 g/mol. The molecule has 1 aromatic carbocycles. The average Bonchev–Trinajstić information content (AvgIpc) is 2.55. The highest BCUT2D eigenvalue weighted by Gasteiger charge is 2.24. The Morgan fingerprint density at radius 2 is 1.96 bits per heavy atom. The van der Waals surface area contributed by atoms with Crippen LogP contribution in [-0.4, -0.2) is 23.8 Å². The molecule has 1 aliphatic rings. The third-order valence-corrected chi connectivity index (χ3v) is 4.72. The lowest BCUT2D eigenvalue weighted by atomic mass is 9.82. The Balaban J connectivity index is 1.78. The van der Waals surface area contributed by atoms with Crippen LogP contribution < -0.4 is 0 Å². The van der Waals surface area contributed by atoms with Crippen LogP contribution in [0, 0.1) is 5.82 Å². The third-order valence-electron chi connectivity index (χ3n) is 4.72. The summed E-state index contributed by atoms with van der Waals surface area (Å²) in [4.78, 5) is 10.9. The van der Waals surface area contributed by atoms with Gasteiger partial charge in [0.05, 0.1) is 11.7 Å². The number of unbranched alkanes of at least 4 members (excludes halogenated alkanes) is 3. The molecule has 23 heavy (non-hydrogen) atoms. The zero-order valence-electron chi connectivity index (χ0n) is 13.9. The zero-order valence-corrected chi connectivity index (χ0v) is 13.9. The maximum Gasteiger partial charge on any atom is 0.338 e. The second kappa shape index (κ2) is 9.02. The van der Waals surface area contributed by atoms with E-state index in [-0.39, 0.29) is 5.56 Å². The molecule has 0 atom stereocenters. The van der Waals surface area contributed by atoms with E-state index < -0.39 is 11.8 Å². The molecule has 1 N–H and O–H groups in total. The molecule has 0 amide bonds. The number of aromatic carboxylic acids is 1. The van der Waals surface area contributed by atoms with Crippen molar-refractivity contribution in [3.63, 3.8) is 0 Å². The van der Waals surface area contributed by atoms with Crippen LogP contribution in [0.15, 0.2) is 18.2 Å². The minimum Gasteiger partial charge on any atom is -0.478 e. The summed E-state index contributed by atoms with van der Waals surface area (Å²) in [7, 11) is 0. The Bertz CT molecular complexity index is 507. The van der Waals surface area contributed by atoms with Gasteiger partial charge in [0.2, 0.25) is 0 Å². The number of rotatable bonds is 8. The van der Waals surface area contributed by atoms with Crippen LogP contribution >= 0.6 is 0 Å². The summed E-state index contributed by atoms with van der Waals surface area (Å²) in [6, 6.07) is 4.52. The lowest BCUT2D eigenvalue weighted by Crippen LogP contribution is -2.21. The fraction of sp³-hybridized carbons (Fsp3) is 0.632. The van der Waals surface area contributed by atoms with Gasteiger partial charge in [-0.1, -0.05) is 32.3 Å². The smallest absolute Gasteiger partial charge is 0.338 e. The van der Waals surface area contributed by atoms with E-state index in [4.69, 9.17) is 9.84 Å². The summed E-state index contributed by atoms with van der Waals surface area (Å²) in [6.07, 6.45) is 9.17. The van der Waals surface area contributed by atoms with Crippen molar-refractivity contribution in [3.05, 3.63) is 35.1 Å². The van der Waals surface area contributed by atoms with Gasteiger partial charge in [0.25, 0.3) is 0 Å². The van der Waals surface area contributed by atoms with Gasteiger partial charge in [-0.15, -0.1) is 0 Å². The van der Waals surface area contributed by atoms with Crippen molar-refractivity contribution >= 4 is 5.97 Å². The molecule has 0 spiro atoms. The van der Waals surface area contributed by atoms with Gasteiger partial charge in [-0.3, -0.25) is 0 Å². The molecule has 1 aromatic rings. The Labute approximate surface area is 137 Å². The standard InChI is InChI=1S/C19H27FO3/c1-2-3-4-5-12-23-16-9-6-14(7-10-16)15-8-11-17(19(21)22)18(20)13-15/h8,11,13-14,16H,2-7,9-10,12H2,1H3,(H,21,22). The van der Waals surface area contributed by atoms with Crippen molar-refractivity contribution in [3.8, 4) is 0 Å². The van der Waals surface area contributed by atoms with Crippen molar-refractivity contribution in [2.45, 2.75) is 70.3 Å². The number of hydrogen-bond acceptors (Lipinski definition) is 2. The molecule has 2 rings (SSSR count). The number of carbonyl (C=O) groups is 1. The predicted molar refractivity (Wildman–Crippen MR) is 88.5 cm³/mol. The molecule has 3 nitrogen and oxygen atoms in total. The number of ether oxygens (including phenoxy) is 1. The minimum atomic E-state index is -1.21. The second-order valence-electron chi connectivity index (χ2n) is 6.45. The van der Waals surface area contributed by atoms with Gasteiger partial charge in [-0.25, -0.2) is 9.18 Å². The van der Waals surface area contributed by atoms with Gasteiger partial charge in [0.1, 0.15) is 5.82 Å². The fourth-order valence-corrected chi connectivity index (χ4v) is 3.30. The SMILES string of the molecule is CCCCCCOC1CCC(c2ccc(C(=O)O)c(F)c2)CC1. The molecule has 0 saturated heterocycles. The molecule has 0 unspecified atom stereocenters. The maximum absolute atomic E-state index is 13.8. The van der Waals surface area contributed by atoms with Crippen LogP contribution in [0.1, 0.15) is 80.1 Å². The van der Waals surface area contributed by atoms with Crippen molar-refractivity contribution in [1.82, 2.24) is 0 Å². The number of carboxylic acid groups (broad SMARTS) is 1. The van der Waals surface area contributed by atoms with Gasteiger partial charge < -0.3 is 9.84 Å². The summed E-state index contributed by atoms with van der Waals surface area (Å²) >= 11 is 0. The van der Waals surface area contributed by atoms with Crippen molar-refractivity contribution in [2.75, 3.05) is 6.61 Å². The molecule has 0 aliphatic heterocycles. The summed E-state index contributed by atoms with van der Waals surface area (Å²) in [6.45, 7) is 3.05. The third kappa shape index (κ3) is 5.31. The normalized spacial score (nSPS) is 21.3. The summed E-state index contributed by atoms with van der Waals surface area (Å²) < 4.78 is 19.7. The second-order valence-corrected chi connectivity index (χ2v) is 6.45. The maximum atomic E-state index is 13.8. The van der Waals surface area contributed by atoms with E-state index in [9.17, 15) is 9.18 Å². The summed E-state index contributed by atoms with van der Waals surface area (Å²) in [5.41, 5.74) is 0.659. The fourth-order valence-electron chi connectivity index (χ4n) is 3.30. The van der Waals surface area contributed by atoms with Gasteiger partial charge in [0.15, 0.2) is 0 Å². The van der Waals surface area contributed by atoms with Crippen LogP contribution in [0.2, 0.25) is 0 Å². The van der Waals surface area contributed by atoms with E-state index in [1.807, 2.05) is 0 Å². The van der Waals surface area contributed by atoms with E-state index in [2.05, 4.69) is 6.92 Å². The molecule has 4 heteroatoms. The summed E-state index contributed by atoms with van der Waals surface area (Å²) in [5, 5.41) is 8.88. The van der Waals surface area contributed by atoms with E-state index in [1.54, 1.807) is 6.07 Å². The molecule has 1 aliphatic carbocycles. The Hall–Kier alpha value is -1.42. The quantitative estimate of drug-likeness (QED) is 0.673. The van der Waals surface area contributed by atoms with E-state index in [1.165, 1.54) is 31.4 Å². The first-order chi connectivity index (χ1) is 11.1. The largest absolute Gasteiger partial charge is 0.478 e. The first kappa shape index (κ1) is 17.9. The van der Waals surface area contributed by atoms with Crippen LogP contribution in [0.25, 0.3) is 0 Å². The van der Waals surface area contributed by atoms with Crippen molar-refractivity contribution in [1.29, 1.82) is 0 Å². The molecular weight excluding hydrogens is 295 g/mol. The zero-order chi connectivity index (χ0) is 16.7. The molecule has 0 bridgehead atoms. The Morgan fingerprint density at radius 1 is 1.22 bits per heavy atom. The van der Waals surface area contributed by atoms with E-state index in [0.717, 1.165) is 44.3 Å². The van der Waals surface area contributed by atoms with Gasteiger partial charge >= 0.3 is 5.97 Å². The van der Waals surface area contributed by atoms with Crippen LogP contribution in [-0.2, 0) is 4.74 Å². The molecular formula is C19H27FO3. The van der Waals surface area contributed by atoms with Crippen LogP contribution in [0.4, 0.5) is 4.39 Å². The van der Waals surface area contributed by atoms with E-state index in [0.29, 0.717) is 12.0 Å². The Kier molecular flexibility index (Phi) is 7.03. The highest BCUT2D eigenvalue weighted by atomic mass is 19.1. The number of hydrogen-bond donors (Lipinski definition) is 1. The van der Waals surface area contributed by atoms with Crippen LogP contribution in [0.3, 0.4) is 0 Å². The Morgan fingerprint density at radius 3 is 2.57 bits per heavy atom. The lowest BCUT2D eigenvalue weighted by molar-refractivity contribution is 0.0226. The highest BCUT2D eigenvalue weighted by molar-refractivity contribution is 5.87. The predicted octanol–water partition coefficient (Wildman–Crippen LogP) is 5.15. The van der Waals surface area contributed by atoms with Crippen molar-refractivity contribution in [2.24, 2.45) is 0 Å². The molecule has 0 aromatic heterocycles. The first-order valence-electron chi connectivity index (χ1n) is 8.76.